The van der Waals surface area contributed by atoms with E-state index in [9.17, 15) is 29.1 Å². The molecule has 3 aliphatic rings. The third kappa shape index (κ3) is 11.6. The number of halogens is 1. The summed E-state index contributed by atoms with van der Waals surface area (Å²) in [4.78, 5) is 67.6. The van der Waals surface area contributed by atoms with Gasteiger partial charge in [0.25, 0.3) is 0 Å². The number of hydrogen-bond donors (Lipinski definition) is 3. The van der Waals surface area contributed by atoms with Crippen LogP contribution < -0.4 is 15.0 Å². The van der Waals surface area contributed by atoms with E-state index in [1.54, 1.807) is 45.2 Å². The molecule has 3 N–H and O–H groups in total. The molecule has 0 spiro atoms. The molecule has 2 fully saturated rings. The fourth-order valence-corrected chi connectivity index (χ4v) is 9.70. The van der Waals surface area contributed by atoms with Crippen molar-refractivity contribution in [1.82, 2.24) is 10.2 Å². The fourth-order valence-electron chi connectivity index (χ4n) is 7.06. The number of nitrogens with zero attached hydrogens (tertiary/aromatic N) is 2. The van der Waals surface area contributed by atoms with E-state index in [2.05, 4.69) is 5.32 Å². The number of carboxylic acid groups (broad SMARTS) is 1. The average molecular weight is 870 g/mol. The van der Waals surface area contributed by atoms with E-state index in [0.717, 1.165) is 11.1 Å². The summed E-state index contributed by atoms with van der Waals surface area (Å²) >= 11 is 6.77. The van der Waals surface area contributed by atoms with Crippen LogP contribution in [0.1, 0.15) is 72.3 Å². The van der Waals surface area contributed by atoms with Gasteiger partial charge in [0.1, 0.15) is 40.7 Å². The predicted octanol–water partition coefficient (Wildman–Crippen LogP) is 5.54. The number of nitrogens with one attached hydrogen (secondary N) is 1. The monoisotopic (exact) mass is 869 g/mol. The van der Waals surface area contributed by atoms with E-state index in [0.29, 0.717) is 30.0 Å². The first kappa shape index (κ1) is 47.2. The number of ether oxygens (including phenoxy) is 5. The minimum atomic E-state index is -1.85. The molecule has 322 valence electrons. The highest BCUT2D eigenvalue weighted by Gasteiger charge is 2.64. The number of esters is 1. The normalized spacial score (nSPS) is 30.0. The zero-order chi connectivity index (χ0) is 43.1. The molecule has 1 unspecified atom stereocenters. The largest absolute Gasteiger partial charge is 0.495 e. The number of carboxylic acids is 1. The Morgan fingerprint density at radius 2 is 1.90 bits per heavy atom. The van der Waals surface area contributed by atoms with Crippen molar-refractivity contribution < 1.29 is 57.9 Å². The lowest BCUT2D eigenvalue weighted by Crippen LogP contribution is -2.63. The lowest BCUT2D eigenvalue weighted by Gasteiger charge is -2.42. The maximum Gasteiger partial charge on any atom is 0.409 e. The Morgan fingerprint density at radius 3 is 2.55 bits per heavy atom. The lowest BCUT2D eigenvalue weighted by molar-refractivity contribution is -0.162. The summed E-state index contributed by atoms with van der Waals surface area (Å²) in [6.07, 6.45) is 1.43. The number of aliphatic carboxylic acids is 1. The number of rotatable bonds is 13. The number of methoxy groups -OCH3 is 2. The van der Waals surface area contributed by atoms with E-state index < -0.39 is 71.6 Å². The van der Waals surface area contributed by atoms with Crippen LogP contribution in [0, 0.1) is 5.92 Å². The van der Waals surface area contributed by atoms with Crippen LogP contribution in [-0.4, -0.2) is 126 Å². The van der Waals surface area contributed by atoms with Gasteiger partial charge in [-0.15, -0.1) is 0 Å². The molecule has 0 saturated carbocycles. The zero-order valence-electron chi connectivity index (χ0n) is 34.4. The van der Waals surface area contributed by atoms with Gasteiger partial charge in [0.2, 0.25) is 11.8 Å². The van der Waals surface area contributed by atoms with Crippen molar-refractivity contribution in [2.75, 3.05) is 39.0 Å². The summed E-state index contributed by atoms with van der Waals surface area (Å²) in [6, 6.07) is 2.53. The second kappa shape index (κ2) is 20.2. The number of anilines is 1. The molecule has 4 rings (SSSR count). The van der Waals surface area contributed by atoms with Crippen LogP contribution in [0.2, 0.25) is 5.02 Å². The zero-order valence-corrected chi connectivity index (χ0v) is 36.8. The number of alkyl carbamates (subject to hydrolysis) is 1. The van der Waals surface area contributed by atoms with E-state index in [1.165, 1.54) is 59.6 Å². The Labute approximate surface area is 352 Å². The number of carbonyl (C=O) groups is 5. The van der Waals surface area contributed by atoms with E-state index in [1.807, 2.05) is 19.9 Å². The van der Waals surface area contributed by atoms with Crippen LogP contribution >= 0.6 is 33.2 Å². The average Bonchev–Trinajstić information content (AvgIpc) is 3.87. The minimum absolute atomic E-state index is 0.0668. The molecular formula is C40H56ClN3O12S2. The van der Waals surface area contributed by atoms with E-state index in [4.69, 9.17) is 40.4 Å². The van der Waals surface area contributed by atoms with Crippen molar-refractivity contribution in [3.8, 4) is 5.75 Å². The Balaban J connectivity index is 1.63. The van der Waals surface area contributed by atoms with E-state index in [-0.39, 0.29) is 41.9 Å². The Morgan fingerprint density at radius 1 is 1.19 bits per heavy atom. The number of allylic oxidation sites excluding steroid dienone is 3. The second-order valence-corrected chi connectivity index (χ2v) is 18.6. The Kier molecular flexibility index (Phi) is 16.4. The summed E-state index contributed by atoms with van der Waals surface area (Å²) in [5.74, 6) is -2.12. The summed E-state index contributed by atoms with van der Waals surface area (Å²) in [6.45, 7) is 8.87. The highest BCUT2D eigenvalue weighted by Crippen LogP contribution is 2.49. The molecule has 2 saturated heterocycles. The third-order valence-electron chi connectivity index (χ3n) is 10.9. The molecule has 0 radical (unpaired) electrons. The highest BCUT2D eigenvalue weighted by atomic mass is 35.5. The summed E-state index contributed by atoms with van der Waals surface area (Å²) in [5, 5.41) is 23.5. The summed E-state index contributed by atoms with van der Waals surface area (Å²) in [5.41, 5.74) is -1.02. The maximum absolute atomic E-state index is 14.2. The van der Waals surface area contributed by atoms with Crippen LogP contribution in [0.25, 0.3) is 0 Å². The maximum atomic E-state index is 14.2. The van der Waals surface area contributed by atoms with Gasteiger partial charge in [0, 0.05) is 57.4 Å². The number of carbonyl (C=O) groups excluding carboxylic acids is 4. The van der Waals surface area contributed by atoms with Crippen LogP contribution in [0.4, 0.5) is 10.5 Å². The van der Waals surface area contributed by atoms with Gasteiger partial charge in [0.05, 0.1) is 25.3 Å². The lowest BCUT2D eigenvalue weighted by atomic mass is 9.83. The molecule has 58 heavy (non-hydrogen) atoms. The molecule has 3 aliphatic heterocycles. The standard InChI is InChI=1S/C40H56ClN3O12S2/c1-22-11-10-12-30(53-9)40(51)21-29(54-38(50)42-40)24(3)36-39(5,56-36)31(20-33(46)44(7)27-18-26(17-22)19-28(52-8)35(27)41)55-37(49)25(4)43(6)32(45)15-16-57-58-23(2)13-14-34(47)48/h10-12,18-19,23-25,29-31,36,51H,13-17,20-21H2,1-9H3,(H,42,50)(H,47,48)/b12-10+,22-11+/t23?,24-,25+,29+,30-,31+,36+,39+,40+/m1/s1. The number of hydrogen-bond acceptors (Lipinski definition) is 13. The summed E-state index contributed by atoms with van der Waals surface area (Å²) in [7, 11) is 8.93. The number of likely N-dealkylation sites (N-methyl/N-ethyl adjacent to an activating group) is 1. The molecule has 3 amide bonds. The highest BCUT2D eigenvalue weighted by molar-refractivity contribution is 8.76. The minimum Gasteiger partial charge on any atom is -0.495 e. The van der Waals surface area contributed by atoms with Crippen molar-refractivity contribution in [1.29, 1.82) is 0 Å². The number of aliphatic hydroxyl groups is 1. The van der Waals surface area contributed by atoms with Gasteiger partial charge in [-0.25, -0.2) is 9.59 Å². The van der Waals surface area contributed by atoms with Crippen LogP contribution in [-0.2, 0) is 44.5 Å². The molecule has 18 heteroatoms. The molecule has 9 atom stereocenters. The van der Waals surface area contributed by atoms with Crippen LogP contribution in [0.3, 0.4) is 0 Å². The van der Waals surface area contributed by atoms with Gasteiger partial charge in [-0.1, -0.05) is 70.8 Å². The predicted molar refractivity (Wildman–Crippen MR) is 222 cm³/mol. The summed E-state index contributed by atoms with van der Waals surface area (Å²) < 4.78 is 29.3. The van der Waals surface area contributed by atoms with Crippen molar-refractivity contribution in [2.24, 2.45) is 5.92 Å². The number of amides is 3. The van der Waals surface area contributed by atoms with E-state index >= 15 is 0 Å². The molecule has 1 aromatic rings. The molecule has 0 aliphatic carbocycles. The SMILES string of the molecule is COc1cc2cc(c1Cl)N(C)C(=O)C[C@H](OC(=O)[C@H](C)N(C)C(=O)CCSSC(C)CCC(=O)O)[C@]1(C)O[C@H]1[C@H](C)[C@@H]1C[C@@](O)(NC(=O)O1)[C@H](OC)/C=C/C=C(\C)C2. The Bertz CT molecular complexity index is 1760. The first-order valence-electron chi connectivity index (χ1n) is 19.1. The second-order valence-electron chi connectivity index (χ2n) is 15.3. The molecular weight excluding hydrogens is 814 g/mol. The molecule has 0 aromatic heterocycles. The van der Waals surface area contributed by atoms with Crippen LogP contribution in [0.5, 0.6) is 5.75 Å². The fraction of sp³-hybridized carbons (Fsp3) is 0.625. The van der Waals surface area contributed by atoms with Gasteiger partial charge >= 0.3 is 18.0 Å². The van der Waals surface area contributed by atoms with Crippen molar-refractivity contribution >= 4 is 68.7 Å². The van der Waals surface area contributed by atoms with Gasteiger partial charge in [-0.3, -0.25) is 19.7 Å². The molecule has 3 heterocycles. The van der Waals surface area contributed by atoms with Gasteiger partial charge in [-0.2, -0.15) is 0 Å². The topological polar surface area (TPSA) is 194 Å². The number of benzene rings is 1. The quantitative estimate of drug-likeness (QED) is 0.0969. The Hall–Kier alpha value is -3.48. The van der Waals surface area contributed by atoms with Gasteiger partial charge < -0.3 is 43.7 Å². The van der Waals surface area contributed by atoms with Crippen molar-refractivity contribution in [2.45, 2.75) is 120 Å². The van der Waals surface area contributed by atoms with Crippen LogP contribution in [0.15, 0.2) is 35.9 Å². The van der Waals surface area contributed by atoms with Crippen molar-refractivity contribution in [3.05, 3.63) is 46.5 Å². The molecule has 15 nitrogen and oxygen atoms in total. The first-order valence-corrected chi connectivity index (χ1v) is 21.9. The molecule has 1 aromatic carbocycles. The third-order valence-corrected chi connectivity index (χ3v) is 14.3. The number of epoxide rings is 1. The van der Waals surface area contributed by atoms with Crippen molar-refractivity contribution in [3.63, 3.8) is 0 Å². The first-order chi connectivity index (χ1) is 27.2. The molecule has 4 bridgehead atoms. The number of fused-ring (bicyclic) bond motifs is 5. The van der Waals surface area contributed by atoms with Gasteiger partial charge in [-0.05, 0) is 51.3 Å². The van der Waals surface area contributed by atoms with Gasteiger partial charge in [0.15, 0.2) is 5.72 Å². The smallest absolute Gasteiger partial charge is 0.409 e.